The summed E-state index contributed by atoms with van der Waals surface area (Å²) in [6.07, 6.45) is 1.53. The Morgan fingerprint density at radius 3 is 2.39 bits per heavy atom. The van der Waals surface area contributed by atoms with Crippen molar-refractivity contribution in [3.63, 3.8) is 0 Å². The van der Waals surface area contributed by atoms with E-state index in [4.69, 9.17) is 5.26 Å². The Morgan fingerprint density at radius 2 is 1.89 bits per heavy atom. The van der Waals surface area contributed by atoms with Gasteiger partial charge in [0.05, 0.1) is 11.5 Å². The lowest BCUT2D eigenvalue weighted by Gasteiger charge is -2.35. The fourth-order valence-electron chi connectivity index (χ4n) is 2.09. The van der Waals surface area contributed by atoms with Crippen LogP contribution in [0.1, 0.15) is 30.1 Å². The van der Waals surface area contributed by atoms with E-state index in [0.29, 0.717) is 13.1 Å². The summed E-state index contributed by atoms with van der Waals surface area (Å²) >= 11 is 2.22. The quantitative estimate of drug-likeness (QED) is 0.728. The van der Waals surface area contributed by atoms with E-state index in [2.05, 4.69) is 28.7 Å². The highest BCUT2D eigenvalue weighted by molar-refractivity contribution is 14.1. The van der Waals surface area contributed by atoms with Crippen LogP contribution in [-0.2, 0) is 0 Å². The Bertz CT molecular complexity index is 482. The standard InChI is InChI=1S/C14H15IN2O/c1-14(10-16)6-8-17(9-7-14)13(18)11-2-4-12(15)5-3-11/h2-5H,6-9H2,1H3. The Hall–Kier alpha value is -1.09. The van der Waals surface area contributed by atoms with Crippen molar-refractivity contribution in [1.82, 2.24) is 4.90 Å². The summed E-state index contributed by atoms with van der Waals surface area (Å²) in [5.41, 5.74) is 0.471. The van der Waals surface area contributed by atoms with Gasteiger partial charge in [0.15, 0.2) is 0 Å². The number of benzene rings is 1. The highest BCUT2D eigenvalue weighted by atomic mass is 127. The van der Waals surface area contributed by atoms with Gasteiger partial charge in [-0.05, 0) is 66.6 Å². The Morgan fingerprint density at radius 1 is 1.33 bits per heavy atom. The third-order valence-corrected chi connectivity index (χ3v) is 4.23. The predicted octanol–water partition coefficient (Wildman–Crippen LogP) is 3.06. The molecule has 0 aliphatic carbocycles. The normalized spacial score (nSPS) is 18.2. The van der Waals surface area contributed by atoms with Crippen LogP contribution in [0.15, 0.2) is 24.3 Å². The number of hydrogen-bond acceptors (Lipinski definition) is 2. The number of rotatable bonds is 1. The SMILES string of the molecule is CC1(C#N)CCN(C(=O)c2ccc(I)cc2)CC1. The third-order valence-electron chi connectivity index (χ3n) is 3.52. The van der Waals surface area contributed by atoms with Gasteiger partial charge in [-0.25, -0.2) is 0 Å². The molecule has 0 spiro atoms. The molecule has 2 rings (SSSR count). The van der Waals surface area contributed by atoms with Crippen LogP contribution < -0.4 is 0 Å². The van der Waals surface area contributed by atoms with E-state index in [1.807, 2.05) is 36.1 Å². The van der Waals surface area contributed by atoms with Crippen LogP contribution in [0, 0.1) is 20.3 Å². The van der Waals surface area contributed by atoms with Crippen LogP contribution in [0.25, 0.3) is 0 Å². The molecule has 0 aromatic heterocycles. The Balaban J connectivity index is 2.04. The van der Waals surface area contributed by atoms with Crippen molar-refractivity contribution in [2.45, 2.75) is 19.8 Å². The third kappa shape index (κ3) is 2.83. The van der Waals surface area contributed by atoms with E-state index in [1.54, 1.807) is 0 Å². The second-order valence-electron chi connectivity index (χ2n) is 4.97. The highest BCUT2D eigenvalue weighted by Crippen LogP contribution is 2.30. The summed E-state index contributed by atoms with van der Waals surface area (Å²) in [5, 5.41) is 9.07. The van der Waals surface area contributed by atoms with Gasteiger partial charge in [-0.15, -0.1) is 0 Å². The van der Waals surface area contributed by atoms with Gasteiger partial charge in [0, 0.05) is 22.2 Å². The van der Waals surface area contributed by atoms with Crippen LogP contribution in [0.2, 0.25) is 0 Å². The van der Waals surface area contributed by atoms with Gasteiger partial charge >= 0.3 is 0 Å². The molecule has 0 atom stereocenters. The molecule has 94 valence electrons. The molecule has 0 saturated carbocycles. The van der Waals surface area contributed by atoms with Gasteiger partial charge in [-0.2, -0.15) is 5.26 Å². The highest BCUT2D eigenvalue weighted by Gasteiger charge is 2.31. The van der Waals surface area contributed by atoms with Crippen LogP contribution >= 0.6 is 22.6 Å². The lowest BCUT2D eigenvalue weighted by Crippen LogP contribution is -2.41. The lowest BCUT2D eigenvalue weighted by atomic mass is 9.82. The van der Waals surface area contributed by atoms with Crippen LogP contribution in [0.3, 0.4) is 0 Å². The van der Waals surface area contributed by atoms with Gasteiger partial charge in [0.25, 0.3) is 5.91 Å². The fraction of sp³-hybridized carbons (Fsp3) is 0.429. The average Bonchev–Trinajstić information content (AvgIpc) is 2.40. The summed E-state index contributed by atoms with van der Waals surface area (Å²) < 4.78 is 1.12. The zero-order chi connectivity index (χ0) is 13.2. The van der Waals surface area contributed by atoms with Crippen molar-refractivity contribution in [1.29, 1.82) is 5.26 Å². The minimum atomic E-state index is -0.261. The average molecular weight is 354 g/mol. The number of halogens is 1. The van der Waals surface area contributed by atoms with Crippen LogP contribution in [0.5, 0.6) is 0 Å². The number of carbonyl (C=O) groups excluding carboxylic acids is 1. The summed E-state index contributed by atoms with van der Waals surface area (Å²) in [7, 11) is 0. The molecule has 1 aromatic rings. The molecule has 1 aromatic carbocycles. The maximum absolute atomic E-state index is 12.3. The van der Waals surface area contributed by atoms with Crippen molar-refractivity contribution in [2.24, 2.45) is 5.41 Å². The maximum atomic E-state index is 12.3. The first kappa shape index (κ1) is 13.3. The summed E-state index contributed by atoms with van der Waals surface area (Å²) in [4.78, 5) is 14.1. The lowest BCUT2D eigenvalue weighted by molar-refractivity contribution is 0.0661. The minimum absolute atomic E-state index is 0.0754. The molecule has 18 heavy (non-hydrogen) atoms. The molecule has 0 bridgehead atoms. The van der Waals surface area contributed by atoms with Gasteiger partial charge in [0.1, 0.15) is 0 Å². The van der Waals surface area contributed by atoms with Crippen molar-refractivity contribution in [3.05, 3.63) is 33.4 Å². The molecule has 1 saturated heterocycles. The van der Waals surface area contributed by atoms with Gasteiger partial charge in [0.2, 0.25) is 0 Å². The topological polar surface area (TPSA) is 44.1 Å². The Labute approximate surface area is 121 Å². The van der Waals surface area contributed by atoms with E-state index in [0.717, 1.165) is 22.0 Å². The molecular formula is C14H15IN2O. The van der Waals surface area contributed by atoms with Crippen molar-refractivity contribution in [3.8, 4) is 6.07 Å². The zero-order valence-corrected chi connectivity index (χ0v) is 12.5. The zero-order valence-electron chi connectivity index (χ0n) is 10.3. The molecular weight excluding hydrogens is 339 g/mol. The molecule has 1 fully saturated rings. The molecule has 0 radical (unpaired) electrons. The molecule has 4 heteroatoms. The van der Waals surface area contributed by atoms with Crippen molar-refractivity contribution < 1.29 is 4.79 Å². The molecule has 1 amide bonds. The number of nitrogens with zero attached hydrogens (tertiary/aromatic N) is 2. The summed E-state index contributed by atoms with van der Waals surface area (Å²) in [6.45, 7) is 3.32. The van der Waals surface area contributed by atoms with E-state index >= 15 is 0 Å². The number of hydrogen-bond donors (Lipinski definition) is 0. The van der Waals surface area contributed by atoms with Crippen LogP contribution in [-0.4, -0.2) is 23.9 Å². The minimum Gasteiger partial charge on any atom is -0.339 e. The Kier molecular flexibility index (Phi) is 3.91. The number of carbonyl (C=O) groups is 1. The summed E-state index contributed by atoms with van der Waals surface area (Å²) in [5.74, 6) is 0.0754. The molecule has 1 aliphatic rings. The van der Waals surface area contributed by atoms with E-state index in [9.17, 15) is 4.79 Å². The van der Waals surface area contributed by atoms with Gasteiger partial charge in [-0.3, -0.25) is 4.79 Å². The largest absolute Gasteiger partial charge is 0.339 e. The van der Waals surface area contributed by atoms with Crippen molar-refractivity contribution in [2.75, 3.05) is 13.1 Å². The number of amides is 1. The first-order chi connectivity index (χ1) is 8.54. The first-order valence-electron chi connectivity index (χ1n) is 6.00. The van der Waals surface area contributed by atoms with Gasteiger partial charge < -0.3 is 4.90 Å². The van der Waals surface area contributed by atoms with E-state index in [1.165, 1.54) is 0 Å². The first-order valence-corrected chi connectivity index (χ1v) is 7.08. The smallest absolute Gasteiger partial charge is 0.253 e. The maximum Gasteiger partial charge on any atom is 0.253 e. The van der Waals surface area contributed by atoms with Crippen LogP contribution in [0.4, 0.5) is 0 Å². The second-order valence-corrected chi connectivity index (χ2v) is 6.22. The fourth-order valence-corrected chi connectivity index (χ4v) is 2.45. The van der Waals surface area contributed by atoms with E-state index < -0.39 is 0 Å². The molecule has 3 nitrogen and oxygen atoms in total. The van der Waals surface area contributed by atoms with Gasteiger partial charge in [-0.1, -0.05) is 0 Å². The number of nitriles is 1. The molecule has 1 aliphatic heterocycles. The monoisotopic (exact) mass is 354 g/mol. The van der Waals surface area contributed by atoms with E-state index in [-0.39, 0.29) is 11.3 Å². The van der Waals surface area contributed by atoms with Crippen molar-refractivity contribution >= 4 is 28.5 Å². The molecule has 0 N–H and O–H groups in total. The number of likely N-dealkylation sites (tertiary alicyclic amines) is 1. The molecule has 1 heterocycles. The molecule has 0 unspecified atom stereocenters. The predicted molar refractivity (Wildman–Crippen MR) is 78.0 cm³/mol. The number of piperidine rings is 1. The second kappa shape index (κ2) is 5.27. The summed E-state index contributed by atoms with van der Waals surface area (Å²) in [6, 6.07) is 9.96.